The summed E-state index contributed by atoms with van der Waals surface area (Å²) in [5.41, 5.74) is 4.45. The van der Waals surface area contributed by atoms with Crippen LogP contribution in [0.4, 0.5) is 0 Å². The molecule has 0 N–H and O–H groups in total. The van der Waals surface area contributed by atoms with E-state index in [1.807, 2.05) is 54.6 Å². The van der Waals surface area contributed by atoms with Crippen LogP contribution in [0.3, 0.4) is 0 Å². The van der Waals surface area contributed by atoms with Crippen molar-refractivity contribution < 1.29 is 9.31 Å². The third kappa shape index (κ3) is 3.26. The van der Waals surface area contributed by atoms with Crippen LogP contribution in [-0.4, -0.2) is 7.12 Å². The second kappa shape index (κ2) is 6.77. The first kappa shape index (κ1) is 14.8. The normalized spacial score (nSPS) is 13.6. The van der Waals surface area contributed by atoms with Crippen molar-refractivity contribution >= 4 is 24.7 Å². The topological polar surface area (TPSA) is 18.5 Å². The van der Waals surface area contributed by atoms with E-state index in [1.54, 1.807) is 0 Å². The lowest BCUT2D eigenvalue weighted by Crippen LogP contribution is -2.42. The fraction of sp³-hybridized carbons (Fsp3) is 0.0476. The summed E-state index contributed by atoms with van der Waals surface area (Å²) in [6.45, 7) is 0.557. The number of rotatable bonds is 3. The molecule has 0 amide bonds. The van der Waals surface area contributed by atoms with E-state index in [4.69, 9.17) is 9.31 Å². The van der Waals surface area contributed by atoms with Gasteiger partial charge in [0.1, 0.15) is 5.75 Å². The molecule has 24 heavy (non-hydrogen) atoms. The molecule has 1 aliphatic rings. The Morgan fingerprint density at radius 1 is 0.750 bits per heavy atom. The van der Waals surface area contributed by atoms with Crippen LogP contribution in [-0.2, 0) is 11.3 Å². The van der Waals surface area contributed by atoms with E-state index in [0.717, 1.165) is 22.3 Å². The predicted octanol–water partition coefficient (Wildman–Crippen LogP) is 4.16. The van der Waals surface area contributed by atoms with Crippen LogP contribution in [0.2, 0.25) is 0 Å². The van der Waals surface area contributed by atoms with Crippen LogP contribution in [0.5, 0.6) is 5.75 Å². The highest BCUT2D eigenvalue weighted by atomic mass is 16.6. The predicted molar refractivity (Wildman–Crippen MR) is 99.1 cm³/mol. The lowest BCUT2D eigenvalue weighted by Gasteiger charge is -2.24. The minimum absolute atomic E-state index is 0.329. The summed E-state index contributed by atoms with van der Waals surface area (Å²) in [7, 11) is -0.329. The Balaban J connectivity index is 1.52. The molecule has 0 unspecified atom stereocenters. The lowest BCUT2D eigenvalue weighted by atomic mass is 9.78. The number of hydrogen-bond acceptors (Lipinski definition) is 2. The lowest BCUT2D eigenvalue weighted by molar-refractivity contribution is 0.238. The SMILES string of the molecule is C(=Cc1ccc2c(c1)COB(c1ccccc1)O2)c1ccccc1. The minimum atomic E-state index is -0.329. The van der Waals surface area contributed by atoms with Gasteiger partial charge >= 0.3 is 7.12 Å². The van der Waals surface area contributed by atoms with Gasteiger partial charge < -0.3 is 9.31 Å². The summed E-state index contributed by atoms with van der Waals surface area (Å²) in [5.74, 6) is 0.895. The van der Waals surface area contributed by atoms with Gasteiger partial charge in [0.15, 0.2) is 0 Å². The second-order valence-electron chi connectivity index (χ2n) is 5.78. The molecule has 3 heteroatoms. The summed E-state index contributed by atoms with van der Waals surface area (Å²) >= 11 is 0. The Bertz CT molecular complexity index is 844. The van der Waals surface area contributed by atoms with Gasteiger partial charge in [-0.15, -0.1) is 0 Å². The summed E-state index contributed by atoms with van der Waals surface area (Å²) in [4.78, 5) is 0. The van der Waals surface area contributed by atoms with Gasteiger partial charge in [0.2, 0.25) is 0 Å². The van der Waals surface area contributed by atoms with E-state index in [9.17, 15) is 0 Å². The van der Waals surface area contributed by atoms with Crippen LogP contribution in [0.1, 0.15) is 16.7 Å². The van der Waals surface area contributed by atoms with Gasteiger partial charge in [0, 0.05) is 5.56 Å². The standard InChI is InChI=1S/C21H17BO2/c1-3-7-17(8-4-1)11-12-18-13-14-21-19(15-18)16-23-22(24-21)20-9-5-2-6-10-20/h1-15H,16H2. The van der Waals surface area contributed by atoms with Crippen molar-refractivity contribution in [3.8, 4) is 5.75 Å². The third-order valence-corrected chi connectivity index (χ3v) is 4.05. The fourth-order valence-electron chi connectivity index (χ4n) is 2.78. The maximum absolute atomic E-state index is 5.99. The van der Waals surface area contributed by atoms with E-state index in [2.05, 4.69) is 36.4 Å². The zero-order valence-corrected chi connectivity index (χ0v) is 13.3. The summed E-state index contributed by atoms with van der Waals surface area (Å²) in [6, 6.07) is 26.5. The molecule has 0 saturated carbocycles. The molecule has 3 aromatic carbocycles. The highest BCUT2D eigenvalue weighted by molar-refractivity contribution is 6.62. The van der Waals surface area contributed by atoms with Crippen LogP contribution in [0, 0.1) is 0 Å². The average molecular weight is 312 g/mol. The van der Waals surface area contributed by atoms with Crippen LogP contribution >= 0.6 is 0 Å². The van der Waals surface area contributed by atoms with Gasteiger partial charge in [-0.25, -0.2) is 0 Å². The molecule has 0 aliphatic carbocycles. The first-order valence-electron chi connectivity index (χ1n) is 8.08. The number of hydrogen-bond donors (Lipinski definition) is 0. The molecule has 0 spiro atoms. The van der Waals surface area contributed by atoms with Crippen molar-refractivity contribution in [2.45, 2.75) is 6.61 Å². The zero-order chi connectivity index (χ0) is 16.2. The Morgan fingerprint density at radius 2 is 1.46 bits per heavy atom. The largest absolute Gasteiger partial charge is 0.563 e. The van der Waals surface area contributed by atoms with Crippen LogP contribution in [0.25, 0.3) is 12.2 Å². The van der Waals surface area contributed by atoms with E-state index < -0.39 is 0 Å². The van der Waals surface area contributed by atoms with Gasteiger partial charge in [0.25, 0.3) is 0 Å². The van der Waals surface area contributed by atoms with Gasteiger partial charge in [-0.3, -0.25) is 0 Å². The van der Waals surface area contributed by atoms with Crippen LogP contribution < -0.4 is 10.1 Å². The number of benzene rings is 3. The second-order valence-corrected chi connectivity index (χ2v) is 5.78. The molecule has 0 bridgehead atoms. The zero-order valence-electron chi connectivity index (χ0n) is 13.3. The molecule has 0 fully saturated rings. The van der Waals surface area contributed by atoms with Crippen LogP contribution in [0.15, 0.2) is 78.9 Å². The van der Waals surface area contributed by atoms with Crippen molar-refractivity contribution in [3.63, 3.8) is 0 Å². The van der Waals surface area contributed by atoms with E-state index >= 15 is 0 Å². The van der Waals surface area contributed by atoms with Crippen molar-refractivity contribution in [2.24, 2.45) is 0 Å². The van der Waals surface area contributed by atoms with E-state index in [-0.39, 0.29) is 7.12 Å². The molecule has 0 aromatic heterocycles. The molecule has 4 rings (SSSR count). The van der Waals surface area contributed by atoms with Gasteiger partial charge in [-0.05, 0) is 28.7 Å². The average Bonchev–Trinajstić information content (AvgIpc) is 2.67. The molecular formula is C21H17BO2. The summed E-state index contributed by atoms with van der Waals surface area (Å²) in [6.07, 6.45) is 4.22. The van der Waals surface area contributed by atoms with Gasteiger partial charge in [-0.2, -0.15) is 0 Å². The number of fused-ring (bicyclic) bond motifs is 1. The highest BCUT2D eigenvalue weighted by Crippen LogP contribution is 2.26. The molecule has 0 atom stereocenters. The molecule has 0 saturated heterocycles. The smallest absolute Gasteiger partial charge is 0.532 e. The van der Waals surface area contributed by atoms with Gasteiger partial charge in [-0.1, -0.05) is 78.9 Å². The quantitative estimate of drug-likeness (QED) is 0.534. The molecule has 3 aromatic rings. The summed E-state index contributed by atoms with van der Waals surface area (Å²) < 4.78 is 11.9. The van der Waals surface area contributed by atoms with Crippen molar-refractivity contribution in [1.29, 1.82) is 0 Å². The Hall–Kier alpha value is -2.78. The van der Waals surface area contributed by atoms with Gasteiger partial charge in [0.05, 0.1) is 6.61 Å². The fourth-order valence-corrected chi connectivity index (χ4v) is 2.78. The highest BCUT2D eigenvalue weighted by Gasteiger charge is 2.28. The van der Waals surface area contributed by atoms with Crippen molar-refractivity contribution in [1.82, 2.24) is 0 Å². The first-order valence-corrected chi connectivity index (χ1v) is 8.08. The first-order chi connectivity index (χ1) is 11.9. The Morgan fingerprint density at radius 3 is 2.25 bits per heavy atom. The maximum atomic E-state index is 5.99. The molecule has 1 aliphatic heterocycles. The molecule has 1 heterocycles. The van der Waals surface area contributed by atoms with Crippen molar-refractivity contribution in [2.75, 3.05) is 0 Å². The molecular weight excluding hydrogens is 295 g/mol. The third-order valence-electron chi connectivity index (χ3n) is 4.05. The van der Waals surface area contributed by atoms with Crippen molar-refractivity contribution in [3.05, 3.63) is 95.6 Å². The van der Waals surface area contributed by atoms with E-state index in [1.165, 1.54) is 5.56 Å². The maximum Gasteiger partial charge on any atom is 0.563 e. The monoisotopic (exact) mass is 312 g/mol. The Kier molecular flexibility index (Phi) is 4.17. The minimum Gasteiger partial charge on any atom is -0.532 e. The molecule has 0 radical (unpaired) electrons. The van der Waals surface area contributed by atoms with E-state index in [0.29, 0.717) is 6.61 Å². The summed E-state index contributed by atoms with van der Waals surface area (Å²) in [5, 5.41) is 0. The Labute approximate surface area is 142 Å². The molecule has 2 nitrogen and oxygen atoms in total. The molecule has 116 valence electrons.